The average Bonchev–Trinajstić information content (AvgIpc) is 2.42. The van der Waals surface area contributed by atoms with Gasteiger partial charge in [0.2, 0.25) is 0 Å². The van der Waals surface area contributed by atoms with Crippen LogP contribution in [0.2, 0.25) is 0 Å². The molecule has 1 heterocycles. The Hall–Kier alpha value is -1.06. The quantitative estimate of drug-likeness (QED) is 0.866. The number of aryl methyl sites for hydroxylation is 1. The summed E-state index contributed by atoms with van der Waals surface area (Å²) in [6.07, 6.45) is 2.47. The fourth-order valence-corrected chi connectivity index (χ4v) is 2.45. The molecule has 0 saturated carbocycles. The summed E-state index contributed by atoms with van der Waals surface area (Å²) in [5.74, 6) is 1.74. The number of likely N-dealkylation sites (tertiary alicyclic amines) is 1. The van der Waals surface area contributed by atoms with Crippen LogP contribution in [-0.4, -0.2) is 37.7 Å². The monoisotopic (exact) mass is 248 g/mol. The molecule has 3 nitrogen and oxygen atoms in total. The first-order valence-electron chi connectivity index (χ1n) is 6.90. The van der Waals surface area contributed by atoms with E-state index in [1.54, 1.807) is 0 Å². The van der Waals surface area contributed by atoms with E-state index in [0.717, 1.165) is 31.4 Å². The van der Waals surface area contributed by atoms with Gasteiger partial charge in [0, 0.05) is 6.54 Å². The first-order chi connectivity index (χ1) is 8.79. The molecular weight excluding hydrogens is 224 g/mol. The predicted octanol–water partition coefficient (Wildman–Crippen LogP) is 2.04. The third-order valence-electron chi connectivity index (χ3n) is 3.80. The van der Waals surface area contributed by atoms with Gasteiger partial charge < -0.3 is 10.5 Å². The molecule has 1 saturated heterocycles. The fourth-order valence-electron chi connectivity index (χ4n) is 2.45. The molecule has 0 spiro atoms. The molecule has 0 aliphatic carbocycles. The Balaban J connectivity index is 1.69. The number of ether oxygens (including phenoxy) is 1. The molecule has 0 amide bonds. The van der Waals surface area contributed by atoms with E-state index >= 15 is 0 Å². The summed E-state index contributed by atoms with van der Waals surface area (Å²) in [5, 5.41) is 0. The zero-order valence-electron chi connectivity index (χ0n) is 11.3. The van der Waals surface area contributed by atoms with Gasteiger partial charge in [0.05, 0.1) is 0 Å². The van der Waals surface area contributed by atoms with E-state index < -0.39 is 0 Å². The van der Waals surface area contributed by atoms with Crippen molar-refractivity contribution in [3.63, 3.8) is 0 Å². The van der Waals surface area contributed by atoms with E-state index in [-0.39, 0.29) is 0 Å². The van der Waals surface area contributed by atoms with E-state index in [1.165, 1.54) is 31.5 Å². The lowest BCUT2D eigenvalue weighted by Crippen LogP contribution is -2.38. The molecule has 1 aliphatic heterocycles. The van der Waals surface area contributed by atoms with Crippen LogP contribution < -0.4 is 10.5 Å². The van der Waals surface area contributed by atoms with Crippen molar-refractivity contribution in [1.29, 1.82) is 0 Å². The maximum absolute atomic E-state index is 5.83. The van der Waals surface area contributed by atoms with Crippen molar-refractivity contribution in [3.05, 3.63) is 29.8 Å². The van der Waals surface area contributed by atoms with Crippen LogP contribution in [-0.2, 0) is 0 Å². The summed E-state index contributed by atoms with van der Waals surface area (Å²) in [7, 11) is 0. The van der Waals surface area contributed by atoms with E-state index in [2.05, 4.69) is 17.9 Å². The van der Waals surface area contributed by atoms with Crippen LogP contribution in [0.4, 0.5) is 0 Å². The number of nitrogens with two attached hydrogens (primary N) is 1. The standard InChI is InChI=1S/C15H24N2O/c1-13-4-2-3-5-15(13)18-11-10-17-8-6-14(12-16)7-9-17/h2-5,14H,6-12,16H2,1H3. The number of para-hydroxylation sites is 1. The van der Waals surface area contributed by atoms with Crippen molar-refractivity contribution in [2.45, 2.75) is 19.8 Å². The Kier molecular flexibility index (Phi) is 5.02. The average molecular weight is 248 g/mol. The third-order valence-corrected chi connectivity index (χ3v) is 3.80. The Morgan fingerprint density at radius 1 is 1.28 bits per heavy atom. The second-order valence-corrected chi connectivity index (χ2v) is 5.13. The lowest BCUT2D eigenvalue weighted by atomic mass is 9.97. The fraction of sp³-hybridized carbons (Fsp3) is 0.600. The van der Waals surface area contributed by atoms with Crippen LogP contribution in [0.15, 0.2) is 24.3 Å². The van der Waals surface area contributed by atoms with Gasteiger partial charge in [0.1, 0.15) is 12.4 Å². The molecular formula is C15H24N2O. The highest BCUT2D eigenvalue weighted by molar-refractivity contribution is 5.31. The number of hydrogen-bond donors (Lipinski definition) is 1. The maximum Gasteiger partial charge on any atom is 0.122 e. The topological polar surface area (TPSA) is 38.5 Å². The number of nitrogens with zero attached hydrogens (tertiary/aromatic N) is 1. The van der Waals surface area contributed by atoms with Crippen LogP contribution in [0.25, 0.3) is 0 Å². The number of benzene rings is 1. The number of piperidine rings is 1. The Bertz CT molecular complexity index is 359. The van der Waals surface area contributed by atoms with E-state index in [1.807, 2.05) is 18.2 Å². The molecule has 1 aliphatic rings. The molecule has 2 rings (SSSR count). The minimum Gasteiger partial charge on any atom is -0.492 e. The minimum absolute atomic E-state index is 0.735. The molecule has 0 aromatic heterocycles. The van der Waals surface area contributed by atoms with Gasteiger partial charge in [0.15, 0.2) is 0 Å². The molecule has 100 valence electrons. The Morgan fingerprint density at radius 2 is 2.00 bits per heavy atom. The lowest BCUT2D eigenvalue weighted by molar-refractivity contribution is 0.157. The number of hydrogen-bond acceptors (Lipinski definition) is 3. The van der Waals surface area contributed by atoms with Crippen molar-refractivity contribution in [2.24, 2.45) is 11.7 Å². The normalized spacial score (nSPS) is 17.9. The van der Waals surface area contributed by atoms with Crippen LogP contribution in [0, 0.1) is 12.8 Å². The first-order valence-corrected chi connectivity index (χ1v) is 6.90. The van der Waals surface area contributed by atoms with Crippen molar-refractivity contribution < 1.29 is 4.74 Å². The first kappa shape index (κ1) is 13.4. The minimum atomic E-state index is 0.735. The van der Waals surface area contributed by atoms with Crippen LogP contribution >= 0.6 is 0 Å². The van der Waals surface area contributed by atoms with Crippen molar-refractivity contribution in [2.75, 3.05) is 32.8 Å². The largest absolute Gasteiger partial charge is 0.492 e. The van der Waals surface area contributed by atoms with E-state index in [4.69, 9.17) is 10.5 Å². The van der Waals surface area contributed by atoms with Crippen LogP contribution in [0.3, 0.4) is 0 Å². The zero-order valence-corrected chi connectivity index (χ0v) is 11.3. The van der Waals surface area contributed by atoms with Crippen LogP contribution in [0.1, 0.15) is 18.4 Å². The molecule has 0 unspecified atom stereocenters. The highest BCUT2D eigenvalue weighted by atomic mass is 16.5. The molecule has 1 aromatic carbocycles. The van der Waals surface area contributed by atoms with Crippen molar-refractivity contribution in [3.8, 4) is 5.75 Å². The maximum atomic E-state index is 5.83. The summed E-state index contributed by atoms with van der Waals surface area (Å²) in [5.41, 5.74) is 6.91. The van der Waals surface area contributed by atoms with Gasteiger partial charge in [-0.3, -0.25) is 4.90 Å². The highest BCUT2D eigenvalue weighted by Crippen LogP contribution is 2.17. The predicted molar refractivity (Wildman–Crippen MR) is 74.9 cm³/mol. The third kappa shape index (κ3) is 3.72. The summed E-state index contributed by atoms with van der Waals surface area (Å²) in [4.78, 5) is 2.48. The van der Waals surface area contributed by atoms with Crippen LogP contribution in [0.5, 0.6) is 5.75 Å². The van der Waals surface area contributed by atoms with Gasteiger partial charge in [-0.15, -0.1) is 0 Å². The molecule has 0 bridgehead atoms. The number of rotatable bonds is 5. The molecule has 1 aromatic rings. The van der Waals surface area contributed by atoms with Gasteiger partial charge in [-0.2, -0.15) is 0 Å². The molecule has 3 heteroatoms. The summed E-state index contributed by atoms with van der Waals surface area (Å²) in [6, 6.07) is 8.19. The van der Waals surface area contributed by atoms with Crippen molar-refractivity contribution in [1.82, 2.24) is 4.90 Å². The molecule has 1 fully saturated rings. The van der Waals surface area contributed by atoms with E-state index in [0.29, 0.717) is 0 Å². The van der Waals surface area contributed by atoms with Crippen molar-refractivity contribution >= 4 is 0 Å². The summed E-state index contributed by atoms with van der Waals surface area (Å²) < 4.78 is 5.83. The SMILES string of the molecule is Cc1ccccc1OCCN1CCC(CN)CC1. The highest BCUT2D eigenvalue weighted by Gasteiger charge is 2.17. The lowest BCUT2D eigenvalue weighted by Gasteiger charge is -2.31. The molecule has 2 N–H and O–H groups in total. The second-order valence-electron chi connectivity index (χ2n) is 5.13. The van der Waals surface area contributed by atoms with Gasteiger partial charge in [-0.1, -0.05) is 18.2 Å². The summed E-state index contributed by atoms with van der Waals surface area (Å²) in [6.45, 7) is 7.05. The smallest absolute Gasteiger partial charge is 0.122 e. The zero-order chi connectivity index (χ0) is 12.8. The van der Waals surface area contributed by atoms with Gasteiger partial charge in [-0.25, -0.2) is 0 Å². The van der Waals surface area contributed by atoms with Gasteiger partial charge in [-0.05, 0) is 56.9 Å². The Labute approximate surface area is 110 Å². The Morgan fingerprint density at radius 3 is 2.67 bits per heavy atom. The summed E-state index contributed by atoms with van der Waals surface area (Å²) >= 11 is 0. The molecule has 0 radical (unpaired) electrons. The van der Waals surface area contributed by atoms with E-state index in [9.17, 15) is 0 Å². The molecule has 18 heavy (non-hydrogen) atoms. The van der Waals surface area contributed by atoms with Gasteiger partial charge >= 0.3 is 0 Å². The molecule has 0 atom stereocenters. The van der Waals surface area contributed by atoms with Gasteiger partial charge in [0.25, 0.3) is 0 Å². The second kappa shape index (κ2) is 6.76.